The van der Waals surface area contributed by atoms with Crippen LogP contribution >= 0.6 is 11.3 Å². The second-order valence-electron chi connectivity index (χ2n) is 6.69. The summed E-state index contributed by atoms with van der Waals surface area (Å²) in [6.45, 7) is 1.09. The SMILES string of the molecule is CNC(C)c1cn(CC(=O)Nc2sc3c(c2C(=O)N=N)CCC=C3)nc1C(F)(F)F. The van der Waals surface area contributed by atoms with Gasteiger partial charge in [0.25, 0.3) is 5.91 Å². The minimum absolute atomic E-state index is 0.0709. The van der Waals surface area contributed by atoms with Crippen molar-refractivity contribution in [3.63, 3.8) is 0 Å². The van der Waals surface area contributed by atoms with Crippen LogP contribution in [0.2, 0.25) is 0 Å². The summed E-state index contributed by atoms with van der Waals surface area (Å²) in [5.41, 5.74) is 6.76. The monoisotopic (exact) mass is 440 g/mol. The number of thiophene rings is 1. The number of halogens is 3. The molecule has 160 valence electrons. The molecule has 1 unspecified atom stereocenters. The summed E-state index contributed by atoms with van der Waals surface area (Å²) < 4.78 is 40.8. The second kappa shape index (κ2) is 8.48. The smallest absolute Gasteiger partial charge is 0.315 e. The van der Waals surface area contributed by atoms with Crippen molar-refractivity contribution < 1.29 is 22.8 Å². The Morgan fingerprint density at radius 2 is 2.17 bits per heavy atom. The van der Waals surface area contributed by atoms with E-state index in [0.29, 0.717) is 12.0 Å². The molecular weight excluding hydrogens is 421 g/mol. The lowest BCUT2D eigenvalue weighted by molar-refractivity contribution is -0.142. The van der Waals surface area contributed by atoms with Gasteiger partial charge in [0.05, 0.1) is 5.56 Å². The van der Waals surface area contributed by atoms with Crippen LogP contribution < -0.4 is 10.6 Å². The Labute approximate surface area is 173 Å². The lowest BCUT2D eigenvalue weighted by Gasteiger charge is -2.11. The van der Waals surface area contributed by atoms with E-state index < -0.39 is 36.3 Å². The number of anilines is 1. The van der Waals surface area contributed by atoms with Crippen molar-refractivity contribution in [2.45, 2.75) is 38.5 Å². The second-order valence-corrected chi connectivity index (χ2v) is 7.75. The van der Waals surface area contributed by atoms with E-state index >= 15 is 0 Å². The van der Waals surface area contributed by atoms with E-state index in [-0.39, 0.29) is 16.1 Å². The molecule has 12 heteroatoms. The summed E-state index contributed by atoms with van der Waals surface area (Å²) in [6.07, 6.45) is 1.58. The van der Waals surface area contributed by atoms with E-state index in [1.165, 1.54) is 13.2 Å². The third-order valence-electron chi connectivity index (χ3n) is 4.70. The molecule has 0 aliphatic heterocycles. The van der Waals surface area contributed by atoms with Gasteiger partial charge in [-0.25, -0.2) is 5.53 Å². The highest BCUT2D eigenvalue weighted by molar-refractivity contribution is 7.17. The van der Waals surface area contributed by atoms with E-state index in [2.05, 4.69) is 20.8 Å². The lowest BCUT2D eigenvalue weighted by atomic mass is 10.00. The summed E-state index contributed by atoms with van der Waals surface area (Å²) in [4.78, 5) is 25.4. The highest BCUT2D eigenvalue weighted by atomic mass is 32.1. The Morgan fingerprint density at radius 3 is 2.80 bits per heavy atom. The number of rotatable bonds is 6. The molecule has 0 spiro atoms. The Bertz CT molecular complexity index is 1020. The highest BCUT2D eigenvalue weighted by Crippen LogP contribution is 2.38. The van der Waals surface area contributed by atoms with Gasteiger partial charge in [-0.3, -0.25) is 14.3 Å². The number of carbonyl (C=O) groups is 2. The maximum atomic E-state index is 13.3. The third kappa shape index (κ3) is 4.33. The van der Waals surface area contributed by atoms with Crippen molar-refractivity contribution in [3.8, 4) is 0 Å². The van der Waals surface area contributed by atoms with Gasteiger partial charge in [0.15, 0.2) is 5.69 Å². The zero-order chi connectivity index (χ0) is 22.1. The average molecular weight is 440 g/mol. The lowest BCUT2D eigenvalue weighted by Crippen LogP contribution is -2.20. The van der Waals surface area contributed by atoms with Crippen LogP contribution in [0.3, 0.4) is 0 Å². The van der Waals surface area contributed by atoms with Crippen LogP contribution in [0.4, 0.5) is 18.2 Å². The number of nitrogens with one attached hydrogen (secondary N) is 3. The van der Waals surface area contributed by atoms with E-state index in [1.54, 1.807) is 6.92 Å². The quantitative estimate of drug-likeness (QED) is 0.589. The first-order valence-electron chi connectivity index (χ1n) is 9.01. The van der Waals surface area contributed by atoms with E-state index in [0.717, 1.165) is 27.3 Å². The predicted molar refractivity (Wildman–Crippen MR) is 104 cm³/mol. The topological polar surface area (TPSA) is 112 Å². The van der Waals surface area contributed by atoms with Gasteiger partial charge in [-0.1, -0.05) is 6.08 Å². The number of alkyl halides is 3. The van der Waals surface area contributed by atoms with Gasteiger partial charge < -0.3 is 10.6 Å². The molecule has 1 atom stereocenters. The van der Waals surface area contributed by atoms with Gasteiger partial charge in [-0.2, -0.15) is 18.3 Å². The molecule has 0 fully saturated rings. The number of fused-ring (bicyclic) bond motifs is 1. The van der Waals surface area contributed by atoms with Crippen molar-refractivity contribution in [1.29, 1.82) is 5.53 Å². The van der Waals surface area contributed by atoms with Crippen molar-refractivity contribution in [2.24, 2.45) is 5.11 Å². The highest BCUT2D eigenvalue weighted by Gasteiger charge is 2.38. The van der Waals surface area contributed by atoms with Gasteiger partial charge in [0.1, 0.15) is 11.5 Å². The Balaban J connectivity index is 1.86. The average Bonchev–Trinajstić information content (AvgIpc) is 3.27. The molecule has 2 heterocycles. The van der Waals surface area contributed by atoms with Gasteiger partial charge in [0, 0.05) is 22.7 Å². The first kappa shape index (κ1) is 21.8. The van der Waals surface area contributed by atoms with Gasteiger partial charge >= 0.3 is 6.18 Å². The molecular formula is C18H19F3N6O2S. The van der Waals surface area contributed by atoms with Gasteiger partial charge in [-0.15, -0.1) is 16.5 Å². The molecule has 1 aliphatic rings. The minimum atomic E-state index is -4.66. The maximum Gasteiger partial charge on any atom is 0.435 e. The van der Waals surface area contributed by atoms with Gasteiger partial charge in [-0.05, 0) is 38.5 Å². The molecule has 0 saturated carbocycles. The molecule has 3 N–H and O–H groups in total. The van der Waals surface area contributed by atoms with Crippen LogP contribution in [0.1, 0.15) is 51.4 Å². The molecule has 0 aromatic carbocycles. The summed E-state index contributed by atoms with van der Waals surface area (Å²) in [5.74, 6) is -1.42. The molecule has 2 aromatic heterocycles. The molecule has 0 saturated heterocycles. The normalized spacial score (nSPS) is 14.3. The number of amides is 2. The molecule has 30 heavy (non-hydrogen) atoms. The van der Waals surface area contributed by atoms with Crippen molar-refractivity contribution in [3.05, 3.63) is 39.5 Å². The molecule has 0 bridgehead atoms. The number of hydrogen-bond acceptors (Lipinski definition) is 6. The summed E-state index contributed by atoms with van der Waals surface area (Å²) in [6, 6.07) is -0.614. The van der Waals surface area contributed by atoms with Crippen LogP contribution in [0.5, 0.6) is 0 Å². The number of aromatic nitrogens is 2. The standard InChI is InChI=1S/C18H19F3N6O2S/c1-9(23-2)11-7-27(26-15(11)18(19,20)21)8-13(28)24-17-14(16(29)25-22)10-5-3-4-6-12(10)30-17/h4,6-7,9,22-23H,3,5,8H2,1-2H3,(H,24,28). The van der Waals surface area contributed by atoms with Crippen LogP contribution in [-0.2, 0) is 23.9 Å². The van der Waals surface area contributed by atoms with Crippen LogP contribution in [-0.4, -0.2) is 28.6 Å². The summed E-state index contributed by atoms with van der Waals surface area (Å²) in [5, 5.41) is 12.0. The molecule has 0 radical (unpaired) electrons. The van der Waals surface area contributed by atoms with Gasteiger partial charge in [0.2, 0.25) is 5.91 Å². The maximum absolute atomic E-state index is 13.3. The number of carbonyl (C=O) groups excluding carboxylic acids is 2. The van der Waals surface area contributed by atoms with E-state index in [1.807, 2.05) is 12.2 Å². The Kier molecular flexibility index (Phi) is 6.17. The summed E-state index contributed by atoms with van der Waals surface area (Å²) in [7, 11) is 1.53. The first-order valence-corrected chi connectivity index (χ1v) is 9.83. The summed E-state index contributed by atoms with van der Waals surface area (Å²) >= 11 is 1.16. The molecule has 2 aromatic rings. The number of hydrogen-bond donors (Lipinski definition) is 3. The third-order valence-corrected chi connectivity index (χ3v) is 5.81. The Morgan fingerprint density at radius 1 is 1.43 bits per heavy atom. The van der Waals surface area contributed by atoms with E-state index in [9.17, 15) is 22.8 Å². The molecule has 3 rings (SSSR count). The minimum Gasteiger partial charge on any atom is -0.315 e. The van der Waals surface area contributed by atoms with Crippen molar-refractivity contribution in [2.75, 3.05) is 12.4 Å². The molecule has 2 amide bonds. The zero-order valence-corrected chi connectivity index (χ0v) is 16.9. The number of allylic oxidation sites excluding steroid dienone is 1. The first-order chi connectivity index (χ1) is 14.2. The fourth-order valence-electron chi connectivity index (χ4n) is 3.18. The zero-order valence-electron chi connectivity index (χ0n) is 16.1. The van der Waals surface area contributed by atoms with Crippen LogP contribution in [0, 0.1) is 5.53 Å². The van der Waals surface area contributed by atoms with Crippen LogP contribution in [0.25, 0.3) is 6.08 Å². The molecule has 8 nitrogen and oxygen atoms in total. The Hall–Kier alpha value is -2.86. The largest absolute Gasteiger partial charge is 0.435 e. The predicted octanol–water partition coefficient (Wildman–Crippen LogP) is 4.01. The fourth-order valence-corrected chi connectivity index (χ4v) is 4.37. The van der Waals surface area contributed by atoms with E-state index in [4.69, 9.17) is 5.53 Å². The number of nitrogens with zero attached hydrogens (tertiary/aromatic N) is 3. The fraction of sp³-hybridized carbons (Fsp3) is 0.389. The van der Waals surface area contributed by atoms with Crippen molar-refractivity contribution >= 4 is 34.2 Å². The van der Waals surface area contributed by atoms with Crippen molar-refractivity contribution in [1.82, 2.24) is 15.1 Å². The van der Waals surface area contributed by atoms with Crippen LogP contribution in [0.15, 0.2) is 17.4 Å². The molecule has 1 aliphatic carbocycles.